The second-order valence-electron chi connectivity index (χ2n) is 6.23. The SMILES string of the molecule is CC(C)(C)c1ccc(C(=O)NC(CC(F)F)C(=O)O)cc1[N+](=O)[O-]. The number of hydrogen-bond donors (Lipinski definition) is 2. The van der Waals surface area contributed by atoms with E-state index in [9.17, 15) is 28.5 Å². The lowest BCUT2D eigenvalue weighted by Crippen LogP contribution is -2.42. The summed E-state index contributed by atoms with van der Waals surface area (Å²) in [7, 11) is 0. The Kier molecular flexibility index (Phi) is 5.94. The third-order valence-electron chi connectivity index (χ3n) is 3.28. The Bertz CT molecular complexity index is 656. The van der Waals surface area contributed by atoms with Crippen LogP contribution in [0.15, 0.2) is 18.2 Å². The lowest BCUT2D eigenvalue weighted by Gasteiger charge is -2.19. The van der Waals surface area contributed by atoms with Gasteiger partial charge in [0, 0.05) is 23.6 Å². The Hall–Kier alpha value is -2.58. The molecule has 1 aromatic rings. The molecule has 24 heavy (non-hydrogen) atoms. The van der Waals surface area contributed by atoms with E-state index < -0.39 is 41.1 Å². The molecule has 1 unspecified atom stereocenters. The van der Waals surface area contributed by atoms with Gasteiger partial charge in [0.25, 0.3) is 11.6 Å². The molecule has 1 aromatic carbocycles. The first kappa shape index (κ1) is 19.5. The number of aliphatic carboxylic acids is 1. The van der Waals surface area contributed by atoms with Crippen molar-refractivity contribution >= 4 is 17.6 Å². The predicted octanol–water partition coefficient (Wildman–Crippen LogP) is 2.73. The van der Waals surface area contributed by atoms with Crippen LogP contribution in [-0.4, -0.2) is 34.4 Å². The molecule has 0 fully saturated rings. The van der Waals surface area contributed by atoms with Crippen LogP contribution in [0, 0.1) is 10.1 Å². The molecule has 0 aromatic heterocycles. The molecule has 0 spiro atoms. The van der Waals surface area contributed by atoms with Gasteiger partial charge in [0.1, 0.15) is 6.04 Å². The van der Waals surface area contributed by atoms with E-state index in [-0.39, 0.29) is 11.3 Å². The summed E-state index contributed by atoms with van der Waals surface area (Å²) in [6.07, 6.45) is -3.97. The number of nitrogens with one attached hydrogen (secondary N) is 1. The standard InChI is InChI=1S/C15H18F2N2O5/c1-15(2,3)9-5-4-8(6-11(9)19(23)24)13(20)18-10(14(21)22)7-12(16)17/h4-6,10,12H,7H2,1-3H3,(H,18,20)(H,21,22). The summed E-state index contributed by atoms with van der Waals surface area (Å²) in [6.45, 7) is 5.29. The monoisotopic (exact) mass is 344 g/mol. The van der Waals surface area contributed by atoms with E-state index in [1.165, 1.54) is 12.1 Å². The summed E-state index contributed by atoms with van der Waals surface area (Å²) >= 11 is 0. The number of benzene rings is 1. The van der Waals surface area contributed by atoms with Crippen LogP contribution in [0.25, 0.3) is 0 Å². The zero-order chi connectivity index (χ0) is 18.7. The largest absolute Gasteiger partial charge is 0.480 e. The molecule has 0 heterocycles. The van der Waals surface area contributed by atoms with Gasteiger partial charge in [-0.1, -0.05) is 26.8 Å². The van der Waals surface area contributed by atoms with Gasteiger partial charge in [0.05, 0.1) is 4.92 Å². The zero-order valence-corrected chi connectivity index (χ0v) is 13.4. The molecule has 1 amide bonds. The summed E-state index contributed by atoms with van der Waals surface area (Å²) in [5.41, 5.74) is -0.617. The van der Waals surface area contributed by atoms with Gasteiger partial charge in [0.2, 0.25) is 6.43 Å². The fraction of sp³-hybridized carbons (Fsp3) is 0.467. The van der Waals surface area contributed by atoms with Gasteiger partial charge in [-0.2, -0.15) is 0 Å². The maximum absolute atomic E-state index is 12.3. The molecule has 1 atom stereocenters. The van der Waals surface area contributed by atoms with Gasteiger partial charge in [0.15, 0.2) is 0 Å². The average Bonchev–Trinajstić information content (AvgIpc) is 2.44. The second-order valence-corrected chi connectivity index (χ2v) is 6.23. The maximum atomic E-state index is 12.3. The molecule has 1 rings (SSSR count). The van der Waals surface area contributed by atoms with E-state index in [0.29, 0.717) is 5.56 Å². The highest BCUT2D eigenvalue weighted by Crippen LogP contribution is 2.31. The number of nitrogens with zero attached hydrogens (tertiary/aromatic N) is 1. The summed E-state index contributed by atoms with van der Waals surface area (Å²) in [4.78, 5) is 33.5. The van der Waals surface area contributed by atoms with Gasteiger partial charge in [-0.05, 0) is 11.5 Å². The highest BCUT2D eigenvalue weighted by molar-refractivity contribution is 5.97. The van der Waals surface area contributed by atoms with Crippen molar-refractivity contribution in [2.45, 2.75) is 45.1 Å². The van der Waals surface area contributed by atoms with Gasteiger partial charge >= 0.3 is 5.97 Å². The van der Waals surface area contributed by atoms with Crippen LogP contribution in [0.2, 0.25) is 0 Å². The van der Waals surface area contributed by atoms with Crippen molar-refractivity contribution in [1.29, 1.82) is 0 Å². The first-order valence-corrected chi connectivity index (χ1v) is 7.04. The topological polar surface area (TPSA) is 110 Å². The van der Waals surface area contributed by atoms with E-state index >= 15 is 0 Å². The summed E-state index contributed by atoms with van der Waals surface area (Å²) < 4.78 is 24.7. The van der Waals surface area contributed by atoms with Crippen LogP contribution in [0.5, 0.6) is 0 Å². The minimum Gasteiger partial charge on any atom is -0.480 e. The highest BCUT2D eigenvalue weighted by atomic mass is 19.3. The van der Waals surface area contributed by atoms with Gasteiger partial charge in [-0.3, -0.25) is 14.9 Å². The summed E-state index contributed by atoms with van der Waals surface area (Å²) in [5.74, 6) is -2.57. The Labute approximate surface area is 136 Å². The van der Waals surface area contributed by atoms with Crippen molar-refractivity contribution in [1.82, 2.24) is 5.32 Å². The van der Waals surface area contributed by atoms with E-state index in [1.54, 1.807) is 20.8 Å². The Morgan fingerprint density at radius 3 is 2.33 bits per heavy atom. The molecule has 0 saturated carbocycles. The molecule has 0 bridgehead atoms. The molecule has 9 heteroatoms. The number of nitro groups is 1. The predicted molar refractivity (Wildman–Crippen MR) is 81.3 cm³/mol. The van der Waals surface area contributed by atoms with Crippen LogP contribution < -0.4 is 5.32 Å². The lowest BCUT2D eigenvalue weighted by molar-refractivity contribution is -0.386. The van der Waals surface area contributed by atoms with Crippen LogP contribution in [0.4, 0.5) is 14.5 Å². The number of nitro benzene ring substituents is 1. The highest BCUT2D eigenvalue weighted by Gasteiger charge is 2.28. The van der Waals surface area contributed by atoms with E-state index in [1.807, 2.05) is 5.32 Å². The number of carbonyl (C=O) groups excluding carboxylic acids is 1. The molecular formula is C15H18F2N2O5. The van der Waals surface area contributed by atoms with Gasteiger partial charge in [-0.25, -0.2) is 13.6 Å². The number of alkyl halides is 2. The van der Waals surface area contributed by atoms with Crippen molar-refractivity contribution in [3.05, 3.63) is 39.4 Å². The minimum absolute atomic E-state index is 0.171. The Balaban J connectivity index is 3.13. The summed E-state index contributed by atoms with van der Waals surface area (Å²) in [5, 5.41) is 22.0. The van der Waals surface area contributed by atoms with Crippen LogP contribution >= 0.6 is 0 Å². The number of amides is 1. The average molecular weight is 344 g/mol. The van der Waals surface area contributed by atoms with E-state index in [4.69, 9.17) is 5.11 Å². The number of carboxylic acids is 1. The first-order valence-electron chi connectivity index (χ1n) is 7.04. The van der Waals surface area contributed by atoms with Gasteiger partial charge < -0.3 is 10.4 Å². The number of rotatable bonds is 6. The van der Waals surface area contributed by atoms with Gasteiger partial charge in [-0.15, -0.1) is 0 Å². The molecule has 0 radical (unpaired) electrons. The first-order chi connectivity index (χ1) is 10.9. The molecule has 7 nitrogen and oxygen atoms in total. The van der Waals surface area contributed by atoms with Crippen LogP contribution in [-0.2, 0) is 10.2 Å². The maximum Gasteiger partial charge on any atom is 0.326 e. The van der Waals surface area contributed by atoms with Crippen molar-refractivity contribution in [3.63, 3.8) is 0 Å². The number of carboxylic acid groups (broad SMARTS) is 1. The number of carbonyl (C=O) groups is 2. The Morgan fingerprint density at radius 2 is 1.92 bits per heavy atom. The molecular weight excluding hydrogens is 326 g/mol. The molecule has 0 aliphatic carbocycles. The van der Waals surface area contributed by atoms with Crippen molar-refractivity contribution < 1.29 is 28.4 Å². The zero-order valence-electron chi connectivity index (χ0n) is 13.4. The van der Waals surface area contributed by atoms with Crippen molar-refractivity contribution in [2.24, 2.45) is 0 Å². The molecule has 132 valence electrons. The lowest BCUT2D eigenvalue weighted by atomic mass is 9.85. The molecule has 0 aliphatic heterocycles. The van der Waals surface area contributed by atoms with E-state index in [2.05, 4.69) is 0 Å². The smallest absolute Gasteiger partial charge is 0.326 e. The quantitative estimate of drug-likeness (QED) is 0.609. The number of hydrogen-bond acceptors (Lipinski definition) is 4. The third kappa shape index (κ3) is 4.97. The summed E-state index contributed by atoms with van der Waals surface area (Å²) in [6, 6.07) is 1.93. The minimum atomic E-state index is -2.91. The van der Waals surface area contributed by atoms with Crippen molar-refractivity contribution in [3.8, 4) is 0 Å². The van der Waals surface area contributed by atoms with Crippen LogP contribution in [0.3, 0.4) is 0 Å². The fourth-order valence-corrected chi connectivity index (χ4v) is 2.10. The normalized spacial score (nSPS) is 12.8. The second kappa shape index (κ2) is 7.33. The number of halogens is 2. The Morgan fingerprint density at radius 1 is 1.33 bits per heavy atom. The molecule has 0 aliphatic rings. The van der Waals surface area contributed by atoms with Crippen LogP contribution in [0.1, 0.15) is 43.1 Å². The fourth-order valence-electron chi connectivity index (χ4n) is 2.10. The molecule has 2 N–H and O–H groups in total. The van der Waals surface area contributed by atoms with E-state index in [0.717, 1.165) is 6.07 Å². The molecule has 0 saturated heterocycles. The third-order valence-corrected chi connectivity index (χ3v) is 3.28. The van der Waals surface area contributed by atoms with Crippen molar-refractivity contribution in [2.75, 3.05) is 0 Å².